The highest BCUT2D eigenvalue weighted by molar-refractivity contribution is 5.76. The van der Waals surface area contributed by atoms with Crippen molar-refractivity contribution in [3.63, 3.8) is 0 Å². The highest BCUT2D eigenvalue weighted by atomic mass is 16.6. The molecule has 0 aliphatic carbocycles. The van der Waals surface area contributed by atoms with E-state index < -0.39 is 17.6 Å². The molecule has 6 heteroatoms. The van der Waals surface area contributed by atoms with Gasteiger partial charge in [-0.3, -0.25) is 4.79 Å². The first-order valence-corrected chi connectivity index (χ1v) is 10.6. The van der Waals surface area contributed by atoms with Gasteiger partial charge in [0, 0.05) is 19.0 Å². The van der Waals surface area contributed by atoms with Gasteiger partial charge in [0.2, 0.25) is 0 Å². The molecule has 1 saturated heterocycles. The Kier molecular flexibility index (Phi) is 7.21. The summed E-state index contributed by atoms with van der Waals surface area (Å²) in [6, 6.07) is 17.8. The van der Waals surface area contributed by atoms with Crippen LogP contribution in [-0.4, -0.2) is 42.8 Å². The number of benzene rings is 2. The fourth-order valence-electron chi connectivity index (χ4n) is 3.79. The number of carbonyl (C=O) groups excluding carboxylic acids is 2. The summed E-state index contributed by atoms with van der Waals surface area (Å²) in [4.78, 5) is 26.6. The third-order valence-corrected chi connectivity index (χ3v) is 5.33. The zero-order valence-electron chi connectivity index (χ0n) is 18.7. The number of ether oxygens (including phenoxy) is 3. The molecule has 0 N–H and O–H groups in total. The van der Waals surface area contributed by atoms with E-state index in [4.69, 9.17) is 14.2 Å². The van der Waals surface area contributed by atoms with Crippen molar-refractivity contribution < 1.29 is 23.8 Å². The molecule has 0 radical (unpaired) electrons. The van der Waals surface area contributed by atoms with Crippen LogP contribution < -0.4 is 4.74 Å². The predicted octanol–water partition coefficient (Wildman–Crippen LogP) is 4.78. The van der Waals surface area contributed by atoms with Gasteiger partial charge in [0.05, 0.1) is 13.0 Å². The summed E-state index contributed by atoms with van der Waals surface area (Å²) in [5, 5.41) is 0. The van der Waals surface area contributed by atoms with Crippen LogP contribution in [-0.2, 0) is 20.9 Å². The summed E-state index contributed by atoms with van der Waals surface area (Å²) in [5.41, 5.74) is 1.56. The number of hydrogen-bond acceptors (Lipinski definition) is 5. The number of amides is 1. The van der Waals surface area contributed by atoms with E-state index in [1.165, 1.54) is 7.11 Å². The van der Waals surface area contributed by atoms with E-state index in [0.717, 1.165) is 16.9 Å². The largest absolute Gasteiger partial charge is 0.489 e. The Morgan fingerprint density at radius 1 is 1.03 bits per heavy atom. The fourth-order valence-corrected chi connectivity index (χ4v) is 3.79. The van der Waals surface area contributed by atoms with Gasteiger partial charge in [0.1, 0.15) is 18.0 Å². The van der Waals surface area contributed by atoms with Crippen LogP contribution in [0.15, 0.2) is 54.6 Å². The number of rotatable bonds is 5. The Balaban J connectivity index is 1.67. The van der Waals surface area contributed by atoms with Crippen molar-refractivity contribution in [2.75, 3.05) is 20.2 Å². The molecule has 1 aliphatic rings. The molecule has 2 unspecified atom stereocenters. The number of nitrogens with zero attached hydrogens (tertiary/aromatic N) is 1. The second-order valence-electron chi connectivity index (χ2n) is 8.79. The van der Waals surface area contributed by atoms with Crippen molar-refractivity contribution in [1.82, 2.24) is 4.90 Å². The summed E-state index contributed by atoms with van der Waals surface area (Å²) < 4.78 is 16.4. The van der Waals surface area contributed by atoms with Crippen molar-refractivity contribution in [3.8, 4) is 5.75 Å². The van der Waals surface area contributed by atoms with Crippen LogP contribution in [0.4, 0.5) is 4.79 Å². The highest BCUT2D eigenvalue weighted by Crippen LogP contribution is 2.35. The Hall–Kier alpha value is -3.02. The maximum absolute atomic E-state index is 12.5. The number of carbonyl (C=O) groups is 2. The molecule has 0 saturated carbocycles. The monoisotopic (exact) mass is 425 g/mol. The molecule has 6 nitrogen and oxygen atoms in total. The molecule has 1 aliphatic heterocycles. The predicted molar refractivity (Wildman–Crippen MR) is 118 cm³/mol. The summed E-state index contributed by atoms with van der Waals surface area (Å²) in [6.07, 6.45) is 0.257. The molecule has 2 aromatic carbocycles. The van der Waals surface area contributed by atoms with Crippen LogP contribution in [0.5, 0.6) is 5.75 Å². The standard InChI is InChI=1S/C25H31NO5/c1-25(2,3)31-24(28)26-15-14-21(22(16-26)23(27)29-4)19-10-12-20(13-11-19)30-17-18-8-6-5-7-9-18/h5-13,21-22H,14-17H2,1-4H3. The minimum Gasteiger partial charge on any atom is -0.489 e. The average Bonchev–Trinajstić information content (AvgIpc) is 2.76. The van der Waals surface area contributed by atoms with E-state index in [1.54, 1.807) is 4.90 Å². The molecule has 3 rings (SSSR count). The lowest BCUT2D eigenvalue weighted by Crippen LogP contribution is -2.47. The normalized spacial score (nSPS) is 18.9. The SMILES string of the molecule is COC(=O)C1CN(C(=O)OC(C)(C)C)CCC1c1ccc(OCc2ccccc2)cc1. The quantitative estimate of drug-likeness (QED) is 0.645. The van der Waals surface area contributed by atoms with Crippen LogP contribution in [0.3, 0.4) is 0 Å². The van der Waals surface area contributed by atoms with Crippen molar-refractivity contribution in [2.45, 2.75) is 45.3 Å². The van der Waals surface area contributed by atoms with Gasteiger partial charge >= 0.3 is 12.1 Å². The van der Waals surface area contributed by atoms with Gasteiger partial charge in [-0.05, 0) is 50.5 Å². The molecule has 1 amide bonds. The Morgan fingerprint density at radius 3 is 2.32 bits per heavy atom. The Labute approximate surface area is 184 Å². The van der Waals surface area contributed by atoms with Crippen LogP contribution in [0.2, 0.25) is 0 Å². The first-order valence-electron chi connectivity index (χ1n) is 10.6. The minimum absolute atomic E-state index is 0.0330. The maximum atomic E-state index is 12.5. The van der Waals surface area contributed by atoms with Crippen molar-refractivity contribution in [2.24, 2.45) is 5.92 Å². The molecular formula is C25H31NO5. The zero-order chi connectivity index (χ0) is 22.4. The smallest absolute Gasteiger partial charge is 0.410 e. The number of methoxy groups -OCH3 is 1. The van der Waals surface area contributed by atoms with Gasteiger partial charge < -0.3 is 19.1 Å². The first-order chi connectivity index (χ1) is 14.8. The molecule has 31 heavy (non-hydrogen) atoms. The second kappa shape index (κ2) is 9.86. The van der Waals surface area contributed by atoms with E-state index >= 15 is 0 Å². The van der Waals surface area contributed by atoms with E-state index in [9.17, 15) is 9.59 Å². The molecule has 2 aromatic rings. The summed E-state index contributed by atoms with van der Waals surface area (Å²) in [7, 11) is 1.38. The lowest BCUT2D eigenvalue weighted by Gasteiger charge is -2.38. The number of likely N-dealkylation sites (tertiary alicyclic amines) is 1. The van der Waals surface area contributed by atoms with Gasteiger partial charge in [-0.25, -0.2) is 4.79 Å². The molecule has 166 valence electrons. The van der Waals surface area contributed by atoms with E-state index in [1.807, 2.05) is 75.4 Å². The lowest BCUT2D eigenvalue weighted by molar-refractivity contribution is -0.148. The van der Waals surface area contributed by atoms with Gasteiger partial charge in [-0.1, -0.05) is 42.5 Å². The molecule has 1 fully saturated rings. The molecule has 1 heterocycles. The lowest BCUT2D eigenvalue weighted by atomic mass is 9.80. The molecule has 0 aromatic heterocycles. The first kappa shape index (κ1) is 22.7. The molecule has 0 spiro atoms. The summed E-state index contributed by atoms with van der Waals surface area (Å²) >= 11 is 0. The number of esters is 1. The average molecular weight is 426 g/mol. The van der Waals surface area contributed by atoms with E-state index in [0.29, 0.717) is 19.6 Å². The minimum atomic E-state index is -0.579. The Morgan fingerprint density at radius 2 is 1.71 bits per heavy atom. The zero-order valence-corrected chi connectivity index (χ0v) is 18.7. The van der Waals surface area contributed by atoms with Gasteiger partial charge in [0.25, 0.3) is 0 Å². The van der Waals surface area contributed by atoms with Gasteiger partial charge in [0.15, 0.2) is 0 Å². The number of hydrogen-bond donors (Lipinski definition) is 0. The topological polar surface area (TPSA) is 65.1 Å². The van der Waals surface area contributed by atoms with Crippen molar-refractivity contribution in [3.05, 3.63) is 65.7 Å². The maximum Gasteiger partial charge on any atom is 0.410 e. The third kappa shape index (κ3) is 6.23. The highest BCUT2D eigenvalue weighted by Gasteiger charge is 2.38. The van der Waals surface area contributed by atoms with Gasteiger partial charge in [-0.2, -0.15) is 0 Å². The van der Waals surface area contributed by atoms with E-state index in [-0.39, 0.29) is 18.4 Å². The van der Waals surface area contributed by atoms with Crippen LogP contribution in [0.25, 0.3) is 0 Å². The number of piperidine rings is 1. The van der Waals surface area contributed by atoms with Crippen LogP contribution >= 0.6 is 0 Å². The third-order valence-electron chi connectivity index (χ3n) is 5.33. The Bertz CT molecular complexity index is 873. The van der Waals surface area contributed by atoms with Crippen LogP contribution in [0, 0.1) is 5.92 Å². The van der Waals surface area contributed by atoms with Gasteiger partial charge in [-0.15, -0.1) is 0 Å². The van der Waals surface area contributed by atoms with E-state index in [2.05, 4.69) is 0 Å². The molecular weight excluding hydrogens is 394 g/mol. The summed E-state index contributed by atoms with van der Waals surface area (Å²) in [6.45, 7) is 6.79. The van der Waals surface area contributed by atoms with Crippen molar-refractivity contribution in [1.29, 1.82) is 0 Å². The fraction of sp³-hybridized carbons (Fsp3) is 0.440. The van der Waals surface area contributed by atoms with Crippen molar-refractivity contribution >= 4 is 12.1 Å². The second-order valence-corrected chi connectivity index (χ2v) is 8.79. The summed E-state index contributed by atoms with van der Waals surface area (Å²) in [5.74, 6) is -0.0206. The molecule has 2 atom stereocenters. The molecule has 0 bridgehead atoms. The van der Waals surface area contributed by atoms with Crippen LogP contribution in [0.1, 0.15) is 44.2 Å².